The highest BCUT2D eigenvalue weighted by molar-refractivity contribution is 6.36. The molecule has 0 amide bonds. The molecule has 0 nitrogen and oxygen atoms in total. The van der Waals surface area contributed by atoms with Gasteiger partial charge in [-0.05, 0) is 44.8 Å². The fourth-order valence-corrected chi connectivity index (χ4v) is 2.27. The Balaban J connectivity index is 2.85. The van der Waals surface area contributed by atoms with Gasteiger partial charge in [-0.1, -0.05) is 12.1 Å². The second kappa shape index (κ2) is 0.807. The molecule has 3 aromatic carbocycles. The van der Waals surface area contributed by atoms with E-state index >= 15 is 0 Å². The van der Waals surface area contributed by atoms with Crippen LogP contribution in [0.3, 0.4) is 0 Å². The molecule has 3 aliphatic carbocycles. The normalized spacial score (nSPS) is 14.0. The van der Waals surface area contributed by atoms with E-state index in [-0.39, 0.29) is 0 Å². The molecule has 3 aromatic rings. The van der Waals surface area contributed by atoms with Gasteiger partial charge in [0, 0.05) is 0 Å². The average molecular weight is 124 g/mol. The topological polar surface area (TPSA) is 0 Å². The lowest BCUT2D eigenvalue weighted by atomic mass is 10.0. The van der Waals surface area contributed by atoms with Crippen LogP contribution in [0, 0.1) is 0 Å². The minimum absolute atomic E-state index is 1.44. The Bertz CT molecular complexity index is 484. The van der Waals surface area contributed by atoms with Crippen LogP contribution in [-0.4, -0.2) is 0 Å². The molecule has 0 N–H and O–H groups in total. The molecule has 3 aliphatic rings. The van der Waals surface area contributed by atoms with E-state index in [9.17, 15) is 0 Å². The summed E-state index contributed by atoms with van der Waals surface area (Å²) in [5.74, 6) is 0. The van der Waals surface area contributed by atoms with Crippen molar-refractivity contribution >= 4 is 21.5 Å². The molecular weight excluding hydrogens is 120 g/mol. The Labute approximate surface area is 57.7 Å². The van der Waals surface area contributed by atoms with E-state index in [1.165, 1.54) is 32.7 Å². The summed E-state index contributed by atoms with van der Waals surface area (Å²) < 4.78 is 0. The van der Waals surface area contributed by atoms with E-state index in [1.54, 1.807) is 0 Å². The first-order valence-corrected chi connectivity index (χ1v) is 3.57. The van der Waals surface area contributed by atoms with Crippen molar-refractivity contribution in [3.8, 4) is 11.1 Å². The fourth-order valence-electron chi connectivity index (χ4n) is 2.27. The second-order valence-electron chi connectivity index (χ2n) is 3.11. The molecular formula is C10H4. The molecule has 0 heteroatoms. The SMILES string of the molecule is c1cc2cc3c4c1cc-3c24. The quantitative estimate of drug-likeness (QED) is 0.338. The summed E-state index contributed by atoms with van der Waals surface area (Å²) in [6, 6.07) is 9.04. The lowest BCUT2D eigenvalue weighted by Gasteiger charge is -2.01. The van der Waals surface area contributed by atoms with Crippen molar-refractivity contribution in [1.29, 1.82) is 0 Å². The Morgan fingerprint density at radius 1 is 0.700 bits per heavy atom. The van der Waals surface area contributed by atoms with Crippen molar-refractivity contribution < 1.29 is 0 Å². The van der Waals surface area contributed by atoms with E-state index in [4.69, 9.17) is 0 Å². The minimum atomic E-state index is 1.44. The molecule has 6 bridgehead atoms. The number of benzene rings is 1. The van der Waals surface area contributed by atoms with Crippen LogP contribution in [0.4, 0.5) is 0 Å². The molecule has 0 aliphatic heterocycles. The van der Waals surface area contributed by atoms with Gasteiger partial charge in [-0.3, -0.25) is 0 Å². The van der Waals surface area contributed by atoms with Gasteiger partial charge in [0.25, 0.3) is 0 Å². The standard InChI is InChI=1S/C10H4/c1-2-6-4-8-7-3-5(1)9(8)10(6)7/h1-4H. The molecule has 0 atom stereocenters. The van der Waals surface area contributed by atoms with Gasteiger partial charge in [0.2, 0.25) is 0 Å². The molecule has 0 radical (unpaired) electrons. The van der Waals surface area contributed by atoms with Gasteiger partial charge in [0.15, 0.2) is 0 Å². The van der Waals surface area contributed by atoms with Crippen LogP contribution in [0.1, 0.15) is 0 Å². The molecule has 0 aromatic heterocycles. The first-order valence-electron chi connectivity index (χ1n) is 3.57. The molecule has 10 heavy (non-hydrogen) atoms. The van der Waals surface area contributed by atoms with Gasteiger partial charge >= 0.3 is 0 Å². The van der Waals surface area contributed by atoms with Crippen LogP contribution in [0.15, 0.2) is 24.3 Å². The first-order chi connectivity index (χ1) is 4.95. The maximum Gasteiger partial charge on any atom is -0.00199 e. The van der Waals surface area contributed by atoms with E-state index in [2.05, 4.69) is 24.3 Å². The molecule has 6 rings (SSSR count). The van der Waals surface area contributed by atoms with E-state index < -0.39 is 0 Å². The third-order valence-corrected chi connectivity index (χ3v) is 2.70. The molecule has 0 saturated carbocycles. The van der Waals surface area contributed by atoms with E-state index in [0.29, 0.717) is 0 Å². The monoisotopic (exact) mass is 124 g/mol. The van der Waals surface area contributed by atoms with Crippen molar-refractivity contribution in [2.45, 2.75) is 0 Å². The van der Waals surface area contributed by atoms with Gasteiger partial charge in [0.05, 0.1) is 0 Å². The van der Waals surface area contributed by atoms with Crippen LogP contribution >= 0.6 is 0 Å². The average Bonchev–Trinajstić information content (AvgIpc) is 2.47. The predicted molar refractivity (Wildman–Crippen MR) is 42.8 cm³/mol. The highest BCUT2D eigenvalue weighted by atomic mass is 14.3. The minimum Gasteiger partial charge on any atom is -0.0537 e. The summed E-state index contributed by atoms with van der Waals surface area (Å²) in [7, 11) is 0. The summed E-state index contributed by atoms with van der Waals surface area (Å²) in [5, 5.41) is 5.95. The van der Waals surface area contributed by atoms with Crippen LogP contribution < -0.4 is 0 Å². The highest BCUT2D eigenvalue weighted by Gasteiger charge is 2.27. The van der Waals surface area contributed by atoms with Gasteiger partial charge in [-0.15, -0.1) is 0 Å². The van der Waals surface area contributed by atoms with Gasteiger partial charge in [-0.25, -0.2) is 0 Å². The summed E-state index contributed by atoms with van der Waals surface area (Å²) in [6.45, 7) is 0. The molecule has 0 saturated heterocycles. The van der Waals surface area contributed by atoms with E-state index in [1.807, 2.05) is 0 Å². The van der Waals surface area contributed by atoms with Gasteiger partial charge in [0.1, 0.15) is 0 Å². The Morgan fingerprint density at radius 3 is 1.70 bits per heavy atom. The highest BCUT2D eigenvalue weighted by Crippen LogP contribution is 2.54. The van der Waals surface area contributed by atoms with Crippen LogP contribution in [0.25, 0.3) is 32.7 Å². The van der Waals surface area contributed by atoms with Crippen LogP contribution in [-0.2, 0) is 0 Å². The van der Waals surface area contributed by atoms with Crippen molar-refractivity contribution in [2.24, 2.45) is 0 Å². The van der Waals surface area contributed by atoms with Gasteiger partial charge < -0.3 is 0 Å². The first kappa shape index (κ1) is 3.77. The smallest absolute Gasteiger partial charge is 0.00199 e. The summed E-state index contributed by atoms with van der Waals surface area (Å²) >= 11 is 0. The lowest BCUT2D eigenvalue weighted by molar-refractivity contribution is 1.98. The Morgan fingerprint density at radius 2 is 1.20 bits per heavy atom. The summed E-state index contributed by atoms with van der Waals surface area (Å²) in [4.78, 5) is 0. The Hall–Kier alpha value is -1.30. The molecule has 0 unspecified atom stereocenters. The van der Waals surface area contributed by atoms with E-state index in [0.717, 1.165) is 0 Å². The van der Waals surface area contributed by atoms with Crippen molar-refractivity contribution in [3.63, 3.8) is 0 Å². The second-order valence-corrected chi connectivity index (χ2v) is 3.11. The maximum atomic E-state index is 2.30. The third kappa shape index (κ3) is 0.171. The zero-order valence-corrected chi connectivity index (χ0v) is 5.31. The number of rotatable bonds is 0. The zero-order valence-electron chi connectivity index (χ0n) is 5.31. The summed E-state index contributed by atoms with van der Waals surface area (Å²) in [5.41, 5.74) is 3.01. The lowest BCUT2D eigenvalue weighted by Crippen LogP contribution is -1.72. The fraction of sp³-hybridized carbons (Fsp3) is 0. The van der Waals surface area contributed by atoms with Crippen molar-refractivity contribution in [3.05, 3.63) is 24.3 Å². The van der Waals surface area contributed by atoms with Crippen molar-refractivity contribution in [2.75, 3.05) is 0 Å². The van der Waals surface area contributed by atoms with Gasteiger partial charge in [-0.2, -0.15) is 0 Å². The molecule has 0 fully saturated rings. The largest absolute Gasteiger partial charge is 0.0537 e. The Kier molecular flexibility index (Phi) is 0.304. The third-order valence-electron chi connectivity index (χ3n) is 2.70. The maximum absolute atomic E-state index is 2.30. The zero-order chi connectivity index (χ0) is 6.29. The van der Waals surface area contributed by atoms with Crippen molar-refractivity contribution in [1.82, 2.24) is 0 Å². The predicted octanol–water partition coefficient (Wildman–Crippen LogP) is 2.85. The number of hydrogen-bond donors (Lipinski definition) is 0. The summed E-state index contributed by atoms with van der Waals surface area (Å²) in [6.07, 6.45) is 0. The molecule has 0 spiro atoms. The number of hydrogen-bond acceptors (Lipinski definition) is 0. The van der Waals surface area contributed by atoms with Crippen LogP contribution in [0.5, 0.6) is 0 Å². The van der Waals surface area contributed by atoms with Crippen LogP contribution in [0.2, 0.25) is 0 Å². The molecule has 0 heterocycles. The molecule has 44 valence electrons.